The average molecular weight is 415 g/mol. The van der Waals surface area contributed by atoms with Crippen LogP contribution < -0.4 is 10.0 Å². The van der Waals surface area contributed by atoms with Crippen LogP contribution in [0.25, 0.3) is 0 Å². The molecule has 1 heterocycles. The molecule has 0 aliphatic carbocycles. The number of nitrogens with zero attached hydrogens (tertiary/aromatic N) is 1. The standard InChI is InChI=1S/C20H21N3O5S/c1-14(15-7-3-2-4-8-15)11-21-18(24)13-28-19(25)12-22-20-16-9-5-6-10-17(16)29(26,27)23-20/h2-10,14H,11-13H2,1H3,(H,21,24)(H,22,23)/t14-/m0/s1. The first kappa shape index (κ1) is 20.5. The number of aliphatic imine (C=N–C) groups is 1. The van der Waals surface area contributed by atoms with Crippen molar-refractivity contribution in [3.63, 3.8) is 0 Å². The maximum atomic E-state index is 12.0. The molecule has 0 unspecified atom stereocenters. The van der Waals surface area contributed by atoms with Crippen LogP contribution in [0.15, 0.2) is 64.5 Å². The van der Waals surface area contributed by atoms with Gasteiger partial charge in [0.1, 0.15) is 12.4 Å². The minimum atomic E-state index is -3.66. The van der Waals surface area contributed by atoms with Gasteiger partial charge in [0.25, 0.3) is 15.9 Å². The van der Waals surface area contributed by atoms with E-state index in [1.54, 1.807) is 18.2 Å². The van der Waals surface area contributed by atoms with Crippen LogP contribution in [-0.4, -0.2) is 45.8 Å². The van der Waals surface area contributed by atoms with Crippen LogP contribution in [0.2, 0.25) is 0 Å². The van der Waals surface area contributed by atoms with Gasteiger partial charge in [-0.05, 0) is 23.6 Å². The molecule has 29 heavy (non-hydrogen) atoms. The van der Waals surface area contributed by atoms with Crippen molar-refractivity contribution in [3.8, 4) is 0 Å². The van der Waals surface area contributed by atoms with Gasteiger partial charge in [0.15, 0.2) is 6.61 Å². The van der Waals surface area contributed by atoms with E-state index >= 15 is 0 Å². The number of ether oxygens (including phenoxy) is 1. The molecular formula is C20H21N3O5S. The Kier molecular flexibility index (Phi) is 6.28. The van der Waals surface area contributed by atoms with E-state index in [1.807, 2.05) is 37.3 Å². The molecule has 8 nitrogen and oxygen atoms in total. The van der Waals surface area contributed by atoms with Gasteiger partial charge < -0.3 is 10.1 Å². The number of carbonyl (C=O) groups excluding carboxylic acids is 2. The van der Waals surface area contributed by atoms with Gasteiger partial charge in [0.05, 0.1) is 4.90 Å². The van der Waals surface area contributed by atoms with E-state index in [4.69, 9.17) is 4.74 Å². The van der Waals surface area contributed by atoms with E-state index in [2.05, 4.69) is 15.0 Å². The quantitative estimate of drug-likeness (QED) is 0.660. The Morgan fingerprint density at radius 1 is 1.10 bits per heavy atom. The predicted molar refractivity (Wildman–Crippen MR) is 107 cm³/mol. The van der Waals surface area contributed by atoms with E-state index in [0.29, 0.717) is 12.1 Å². The summed E-state index contributed by atoms with van der Waals surface area (Å²) in [5.41, 5.74) is 1.49. The number of nitrogens with one attached hydrogen (secondary N) is 2. The van der Waals surface area contributed by atoms with Gasteiger partial charge in [-0.3, -0.25) is 19.3 Å². The molecule has 2 N–H and O–H groups in total. The van der Waals surface area contributed by atoms with Gasteiger partial charge >= 0.3 is 5.97 Å². The molecule has 1 amide bonds. The van der Waals surface area contributed by atoms with Crippen molar-refractivity contribution in [2.45, 2.75) is 17.7 Å². The second-order valence-corrected chi connectivity index (χ2v) is 8.19. The summed E-state index contributed by atoms with van der Waals surface area (Å²) in [6, 6.07) is 16.1. The Morgan fingerprint density at radius 2 is 1.79 bits per heavy atom. The van der Waals surface area contributed by atoms with Crippen molar-refractivity contribution >= 4 is 27.7 Å². The van der Waals surface area contributed by atoms with E-state index < -0.39 is 35.1 Å². The second kappa shape index (κ2) is 8.87. The molecule has 0 aromatic heterocycles. The average Bonchev–Trinajstić information content (AvgIpc) is 3.00. The molecule has 1 aliphatic heterocycles. The highest BCUT2D eigenvalue weighted by molar-refractivity contribution is 7.90. The normalized spacial score (nSPS) is 16.5. The van der Waals surface area contributed by atoms with Crippen LogP contribution in [0.4, 0.5) is 0 Å². The zero-order chi connectivity index (χ0) is 20.9. The van der Waals surface area contributed by atoms with E-state index in [0.717, 1.165) is 5.56 Å². The molecule has 2 aromatic carbocycles. The van der Waals surface area contributed by atoms with Crippen LogP contribution in [0.1, 0.15) is 24.0 Å². The summed E-state index contributed by atoms with van der Waals surface area (Å²) >= 11 is 0. The fourth-order valence-electron chi connectivity index (χ4n) is 2.80. The maximum absolute atomic E-state index is 12.0. The zero-order valence-electron chi connectivity index (χ0n) is 15.8. The second-order valence-electron chi connectivity index (χ2n) is 6.54. The predicted octanol–water partition coefficient (Wildman–Crippen LogP) is 1.19. The van der Waals surface area contributed by atoms with Crippen LogP contribution in [0.5, 0.6) is 0 Å². The highest BCUT2D eigenvalue weighted by atomic mass is 32.2. The number of fused-ring (bicyclic) bond motifs is 1. The van der Waals surface area contributed by atoms with Crippen LogP contribution in [0.3, 0.4) is 0 Å². The number of carbonyl (C=O) groups is 2. The lowest BCUT2D eigenvalue weighted by Gasteiger charge is -2.13. The highest BCUT2D eigenvalue weighted by Gasteiger charge is 2.30. The summed E-state index contributed by atoms with van der Waals surface area (Å²) in [5.74, 6) is -0.940. The Morgan fingerprint density at radius 3 is 2.55 bits per heavy atom. The summed E-state index contributed by atoms with van der Waals surface area (Å²) in [5, 5.41) is 2.71. The number of hydrogen-bond donors (Lipinski definition) is 2. The molecule has 0 fully saturated rings. The number of esters is 1. The molecule has 1 aliphatic rings. The molecule has 2 aromatic rings. The molecule has 152 valence electrons. The van der Waals surface area contributed by atoms with Gasteiger partial charge in [-0.15, -0.1) is 0 Å². The topological polar surface area (TPSA) is 114 Å². The maximum Gasteiger partial charge on any atom is 0.328 e. The van der Waals surface area contributed by atoms with E-state index in [1.165, 1.54) is 6.07 Å². The van der Waals surface area contributed by atoms with Crippen LogP contribution in [-0.2, 0) is 24.3 Å². The van der Waals surface area contributed by atoms with Crippen LogP contribution >= 0.6 is 0 Å². The first-order valence-electron chi connectivity index (χ1n) is 9.01. The summed E-state index contributed by atoms with van der Waals surface area (Å²) in [4.78, 5) is 27.8. The summed E-state index contributed by atoms with van der Waals surface area (Å²) < 4.78 is 31.2. The van der Waals surface area contributed by atoms with Gasteiger partial charge in [-0.2, -0.15) is 0 Å². The molecule has 0 bridgehead atoms. The first-order valence-corrected chi connectivity index (χ1v) is 10.5. The van der Waals surface area contributed by atoms with Gasteiger partial charge in [-0.25, -0.2) is 8.42 Å². The Bertz CT molecular complexity index is 1040. The zero-order valence-corrected chi connectivity index (χ0v) is 16.6. The Hall–Kier alpha value is -3.20. The minimum absolute atomic E-state index is 0.0821. The number of amides is 1. The van der Waals surface area contributed by atoms with Crippen molar-refractivity contribution < 1.29 is 22.7 Å². The lowest BCUT2D eigenvalue weighted by molar-refractivity contribution is -0.147. The molecule has 3 rings (SSSR count). The number of hydrogen-bond acceptors (Lipinski definition) is 6. The highest BCUT2D eigenvalue weighted by Crippen LogP contribution is 2.22. The smallest absolute Gasteiger partial charge is 0.328 e. The van der Waals surface area contributed by atoms with Crippen molar-refractivity contribution in [3.05, 3.63) is 65.7 Å². The first-order chi connectivity index (χ1) is 13.9. The summed E-state index contributed by atoms with van der Waals surface area (Å²) in [7, 11) is -3.66. The number of amidine groups is 1. The number of benzene rings is 2. The lowest BCUT2D eigenvalue weighted by Crippen LogP contribution is -2.32. The monoisotopic (exact) mass is 415 g/mol. The number of rotatable bonds is 7. The fraction of sp³-hybridized carbons (Fsp3) is 0.250. The minimum Gasteiger partial charge on any atom is -0.454 e. The third-order valence-corrected chi connectivity index (χ3v) is 5.76. The fourth-order valence-corrected chi connectivity index (χ4v) is 4.05. The largest absolute Gasteiger partial charge is 0.454 e. The molecule has 9 heteroatoms. The molecule has 0 saturated heterocycles. The summed E-state index contributed by atoms with van der Waals surface area (Å²) in [6.45, 7) is 1.58. The van der Waals surface area contributed by atoms with Gasteiger partial charge in [-0.1, -0.05) is 49.4 Å². The molecular weight excluding hydrogens is 394 g/mol. The Labute approximate surface area is 169 Å². The summed E-state index contributed by atoms with van der Waals surface area (Å²) in [6.07, 6.45) is 0. The van der Waals surface area contributed by atoms with Gasteiger partial charge in [0.2, 0.25) is 0 Å². The van der Waals surface area contributed by atoms with Crippen molar-refractivity contribution in [2.24, 2.45) is 4.99 Å². The van der Waals surface area contributed by atoms with Crippen molar-refractivity contribution in [1.29, 1.82) is 0 Å². The van der Waals surface area contributed by atoms with Crippen LogP contribution in [0, 0.1) is 0 Å². The Balaban J connectivity index is 1.46. The lowest BCUT2D eigenvalue weighted by atomic mass is 10.0. The van der Waals surface area contributed by atoms with Gasteiger partial charge in [0, 0.05) is 12.1 Å². The third kappa shape index (κ3) is 5.20. The van der Waals surface area contributed by atoms with E-state index in [-0.39, 0.29) is 16.6 Å². The third-order valence-electron chi connectivity index (χ3n) is 4.37. The van der Waals surface area contributed by atoms with Crippen molar-refractivity contribution in [2.75, 3.05) is 19.7 Å². The molecule has 1 atom stereocenters. The van der Waals surface area contributed by atoms with Crippen molar-refractivity contribution in [1.82, 2.24) is 10.0 Å². The van der Waals surface area contributed by atoms with E-state index in [9.17, 15) is 18.0 Å². The SMILES string of the molecule is C[C@@H](CNC(=O)COC(=O)CN=C1NS(=O)(=O)c2ccccc21)c1ccccc1. The molecule has 0 radical (unpaired) electrons. The number of sulfonamides is 1. The molecule has 0 saturated carbocycles. The molecule has 0 spiro atoms.